The van der Waals surface area contributed by atoms with Gasteiger partial charge in [0.05, 0.1) is 12.8 Å². The van der Waals surface area contributed by atoms with Crippen LogP contribution in [-0.4, -0.2) is 57.5 Å². The molecule has 2 aromatic rings. The van der Waals surface area contributed by atoms with Crippen molar-refractivity contribution in [1.82, 2.24) is 20.6 Å². The number of benzene rings is 1. The molecule has 1 aliphatic carbocycles. The van der Waals surface area contributed by atoms with E-state index in [4.69, 9.17) is 9.57 Å². The number of nitrogens with one attached hydrogen (secondary N) is 2. The smallest absolute Gasteiger partial charge is 0.270 e. The van der Waals surface area contributed by atoms with Crippen molar-refractivity contribution >= 4 is 17.5 Å². The topological polar surface area (TPSA) is 135 Å². The predicted octanol–water partition coefficient (Wildman–Crippen LogP) is 2.80. The van der Waals surface area contributed by atoms with E-state index < -0.39 is 11.4 Å². The lowest BCUT2D eigenvalue weighted by atomic mass is 9.81. The van der Waals surface area contributed by atoms with Gasteiger partial charge >= 0.3 is 0 Å². The zero-order chi connectivity index (χ0) is 27.4. The van der Waals surface area contributed by atoms with Crippen molar-refractivity contribution in [1.29, 1.82) is 0 Å². The molecule has 11 heteroatoms. The molecule has 1 aliphatic heterocycles. The molecule has 0 spiro atoms. The molecule has 2 heterocycles. The number of carbonyl (C=O) groups excluding carboxylic acids is 2. The average molecular weight is 528 g/mol. The van der Waals surface area contributed by atoms with Crippen LogP contribution in [-0.2, 0) is 16.2 Å². The molecule has 0 bridgehead atoms. The molecule has 0 saturated heterocycles. The minimum Gasteiger partial charge on any atom is -0.494 e. The highest BCUT2D eigenvalue weighted by atomic mass is 19.1. The highest BCUT2D eigenvalue weighted by Crippen LogP contribution is 2.33. The van der Waals surface area contributed by atoms with Crippen LogP contribution in [0.15, 0.2) is 29.4 Å². The molecule has 1 aromatic heterocycles. The van der Waals surface area contributed by atoms with Crippen LogP contribution in [0.5, 0.6) is 5.75 Å². The molecule has 1 fully saturated rings. The zero-order valence-corrected chi connectivity index (χ0v) is 22.1. The van der Waals surface area contributed by atoms with Crippen LogP contribution in [0.4, 0.5) is 4.39 Å². The van der Waals surface area contributed by atoms with Crippen molar-refractivity contribution in [2.75, 3.05) is 7.11 Å². The van der Waals surface area contributed by atoms with Gasteiger partial charge in [-0.2, -0.15) is 0 Å². The summed E-state index contributed by atoms with van der Waals surface area (Å²) in [6.07, 6.45) is 3.82. The third kappa shape index (κ3) is 6.63. The van der Waals surface area contributed by atoms with Crippen molar-refractivity contribution in [2.45, 2.75) is 77.2 Å². The van der Waals surface area contributed by atoms with Gasteiger partial charge < -0.3 is 25.3 Å². The summed E-state index contributed by atoms with van der Waals surface area (Å²) in [7, 11) is 1.39. The lowest BCUT2D eigenvalue weighted by Crippen LogP contribution is -2.48. The van der Waals surface area contributed by atoms with Gasteiger partial charge in [0, 0.05) is 19.0 Å². The molecular formula is C27H34FN5O5. The molecule has 0 radical (unpaired) electrons. The van der Waals surface area contributed by atoms with Crippen LogP contribution in [0.1, 0.15) is 73.5 Å². The highest BCUT2D eigenvalue weighted by Gasteiger charge is 2.35. The number of hydrogen-bond donors (Lipinski definition) is 3. The van der Waals surface area contributed by atoms with Gasteiger partial charge in [-0.15, -0.1) is 0 Å². The standard InChI is InChI=1S/C27H34FN5O5/c1-15-30-20(12-22(31-15)25(34)29-14-16-5-10-19(28)24(11-16)37-4)21-13-23(38-33-21)17-6-8-18(9-7-17)32-26(35)27(2,3)36/h5,10-12,17-18,23,36H,6-9,13-14H2,1-4H3,(H,29,34)(H,32,35)/t17-,18-,23?. The third-order valence-corrected chi connectivity index (χ3v) is 6.92. The van der Waals surface area contributed by atoms with E-state index in [9.17, 15) is 19.1 Å². The van der Waals surface area contributed by atoms with E-state index in [0.29, 0.717) is 29.2 Å². The number of amides is 2. The van der Waals surface area contributed by atoms with Gasteiger partial charge in [0.15, 0.2) is 11.6 Å². The SMILES string of the molecule is COc1cc(CNC(=O)c2cc(C3=NOC([C@H]4CC[C@H](NC(=O)C(C)(C)O)CC4)C3)nc(C)n2)ccc1F. The Morgan fingerprint density at radius 1 is 1.18 bits per heavy atom. The maximum Gasteiger partial charge on any atom is 0.270 e. The van der Waals surface area contributed by atoms with Crippen molar-refractivity contribution in [3.05, 3.63) is 52.9 Å². The first-order valence-corrected chi connectivity index (χ1v) is 12.8. The Kier molecular flexibility index (Phi) is 8.25. The molecule has 1 unspecified atom stereocenters. The van der Waals surface area contributed by atoms with E-state index >= 15 is 0 Å². The van der Waals surface area contributed by atoms with Gasteiger partial charge in [0.25, 0.3) is 11.8 Å². The van der Waals surface area contributed by atoms with Gasteiger partial charge in [0.2, 0.25) is 0 Å². The van der Waals surface area contributed by atoms with E-state index in [1.807, 2.05) is 0 Å². The molecule has 10 nitrogen and oxygen atoms in total. The Morgan fingerprint density at radius 3 is 2.61 bits per heavy atom. The second-order valence-electron chi connectivity index (χ2n) is 10.4. The number of methoxy groups -OCH3 is 1. The maximum atomic E-state index is 13.6. The summed E-state index contributed by atoms with van der Waals surface area (Å²) in [6.45, 7) is 4.85. The first-order chi connectivity index (χ1) is 18.0. The molecule has 4 rings (SSSR count). The molecule has 1 atom stereocenters. The number of aliphatic hydroxyl groups is 1. The van der Waals surface area contributed by atoms with Gasteiger partial charge in [-0.25, -0.2) is 14.4 Å². The number of aromatic nitrogens is 2. The van der Waals surface area contributed by atoms with Crippen LogP contribution in [0.2, 0.25) is 0 Å². The Labute approximate surface area is 221 Å². The van der Waals surface area contributed by atoms with E-state index in [1.54, 1.807) is 19.1 Å². The van der Waals surface area contributed by atoms with E-state index in [1.165, 1.54) is 33.1 Å². The quantitative estimate of drug-likeness (QED) is 0.480. The Bertz CT molecular complexity index is 1220. The number of carbonyl (C=O) groups is 2. The summed E-state index contributed by atoms with van der Waals surface area (Å²) in [5, 5.41) is 19.8. The summed E-state index contributed by atoms with van der Waals surface area (Å²) in [5.74, 6) is -0.391. The average Bonchev–Trinajstić information content (AvgIpc) is 3.38. The fraction of sp³-hybridized carbons (Fsp3) is 0.519. The normalized spacial score (nSPS) is 21.3. The summed E-state index contributed by atoms with van der Waals surface area (Å²) in [5.41, 5.74) is 0.702. The highest BCUT2D eigenvalue weighted by molar-refractivity contribution is 6.02. The van der Waals surface area contributed by atoms with Gasteiger partial charge in [-0.05, 0) is 76.1 Å². The first-order valence-electron chi connectivity index (χ1n) is 12.8. The second kappa shape index (κ2) is 11.4. The lowest BCUT2D eigenvalue weighted by molar-refractivity contribution is -0.137. The molecular weight excluding hydrogens is 493 g/mol. The number of aryl methyl sites for hydroxylation is 1. The number of nitrogens with zero attached hydrogens (tertiary/aromatic N) is 3. The molecule has 2 aliphatic rings. The summed E-state index contributed by atoms with van der Waals surface area (Å²) < 4.78 is 18.6. The Morgan fingerprint density at radius 2 is 1.92 bits per heavy atom. The first kappa shape index (κ1) is 27.4. The molecule has 1 aromatic carbocycles. The molecule has 3 N–H and O–H groups in total. The third-order valence-electron chi connectivity index (χ3n) is 6.92. The fourth-order valence-electron chi connectivity index (χ4n) is 4.72. The minimum atomic E-state index is -1.39. The number of halogens is 1. The number of ether oxygens (including phenoxy) is 1. The Hall–Kier alpha value is -3.60. The maximum absolute atomic E-state index is 13.6. The van der Waals surface area contributed by atoms with E-state index in [-0.39, 0.29) is 47.9 Å². The van der Waals surface area contributed by atoms with Crippen LogP contribution in [0, 0.1) is 18.7 Å². The van der Waals surface area contributed by atoms with Gasteiger partial charge in [0.1, 0.15) is 28.9 Å². The van der Waals surface area contributed by atoms with Gasteiger partial charge in [-0.1, -0.05) is 11.2 Å². The van der Waals surface area contributed by atoms with Crippen LogP contribution in [0.25, 0.3) is 0 Å². The predicted molar refractivity (Wildman–Crippen MR) is 137 cm³/mol. The van der Waals surface area contributed by atoms with Crippen LogP contribution >= 0.6 is 0 Å². The molecule has 1 saturated carbocycles. The summed E-state index contributed by atoms with van der Waals surface area (Å²) in [6, 6.07) is 6.04. The lowest BCUT2D eigenvalue weighted by Gasteiger charge is -2.32. The molecule has 2 amide bonds. The molecule has 38 heavy (non-hydrogen) atoms. The second-order valence-corrected chi connectivity index (χ2v) is 10.4. The van der Waals surface area contributed by atoms with E-state index in [2.05, 4.69) is 25.8 Å². The monoisotopic (exact) mass is 527 g/mol. The summed E-state index contributed by atoms with van der Waals surface area (Å²) >= 11 is 0. The van der Waals surface area contributed by atoms with Crippen molar-refractivity contribution in [3.8, 4) is 5.75 Å². The largest absolute Gasteiger partial charge is 0.494 e. The summed E-state index contributed by atoms with van der Waals surface area (Å²) in [4.78, 5) is 39.4. The van der Waals surface area contributed by atoms with E-state index in [0.717, 1.165) is 25.7 Å². The zero-order valence-electron chi connectivity index (χ0n) is 22.1. The minimum absolute atomic E-state index is 0.0357. The van der Waals surface area contributed by atoms with Crippen molar-refractivity contribution in [2.24, 2.45) is 11.1 Å². The number of oxime groups is 1. The van der Waals surface area contributed by atoms with Crippen molar-refractivity contribution < 1.29 is 28.7 Å². The fourth-order valence-corrected chi connectivity index (χ4v) is 4.72. The Balaban J connectivity index is 1.33. The number of rotatable bonds is 8. The van der Waals surface area contributed by atoms with Crippen LogP contribution in [0.3, 0.4) is 0 Å². The molecule has 204 valence electrons. The van der Waals surface area contributed by atoms with Crippen molar-refractivity contribution in [3.63, 3.8) is 0 Å². The van der Waals surface area contributed by atoms with Gasteiger partial charge in [-0.3, -0.25) is 9.59 Å². The van der Waals surface area contributed by atoms with Crippen LogP contribution < -0.4 is 15.4 Å². The number of hydrogen-bond acceptors (Lipinski definition) is 8.